The lowest BCUT2D eigenvalue weighted by molar-refractivity contribution is 0.112. The number of benzene rings is 2. The lowest BCUT2D eigenvalue weighted by atomic mass is 9.98. The molecule has 36 heavy (non-hydrogen) atoms. The summed E-state index contributed by atoms with van der Waals surface area (Å²) in [5.41, 5.74) is 9.09. The Bertz CT molecular complexity index is 1120. The molecule has 0 saturated carbocycles. The Morgan fingerprint density at radius 2 is 1.36 bits per heavy atom. The Balaban J connectivity index is 0.000000237. The first-order chi connectivity index (χ1) is 17.5. The highest BCUT2D eigenvalue weighted by Crippen LogP contribution is 2.25. The molecule has 0 fully saturated rings. The molecule has 0 aliphatic carbocycles. The van der Waals surface area contributed by atoms with Gasteiger partial charge in [-0.1, -0.05) is 24.3 Å². The summed E-state index contributed by atoms with van der Waals surface area (Å²) >= 11 is 0. The van der Waals surface area contributed by atoms with E-state index in [4.69, 9.17) is 10.8 Å². The van der Waals surface area contributed by atoms with Gasteiger partial charge in [0.1, 0.15) is 11.6 Å². The van der Waals surface area contributed by atoms with Crippen molar-refractivity contribution >= 4 is 35.8 Å². The van der Waals surface area contributed by atoms with E-state index in [1.807, 2.05) is 21.9 Å². The van der Waals surface area contributed by atoms with Crippen molar-refractivity contribution in [3.05, 3.63) is 76.9 Å². The molecule has 9 heteroatoms. The van der Waals surface area contributed by atoms with Crippen LogP contribution >= 0.6 is 0 Å². The van der Waals surface area contributed by atoms with Crippen LogP contribution in [-0.2, 0) is 0 Å². The third-order valence-electron chi connectivity index (χ3n) is 5.95. The van der Waals surface area contributed by atoms with Crippen molar-refractivity contribution in [2.45, 2.75) is 12.8 Å². The number of carbonyl (C=O) groups is 1. The second-order valence-electron chi connectivity index (χ2n) is 8.01. The molecule has 0 aromatic heterocycles. The lowest BCUT2D eigenvalue weighted by Crippen LogP contribution is -2.26. The zero-order valence-corrected chi connectivity index (χ0v) is 20.7. The number of rotatable bonds is 6. The molecule has 192 valence electrons. The largest absolute Gasteiger partial charge is 0.386 e. The Hall–Kier alpha value is -3.85. The monoisotopic (exact) mass is 496 g/mol. The second kappa shape index (κ2) is 14.5. The van der Waals surface area contributed by atoms with Crippen LogP contribution in [0.2, 0.25) is 0 Å². The van der Waals surface area contributed by atoms with Crippen molar-refractivity contribution in [3.63, 3.8) is 0 Å². The van der Waals surface area contributed by atoms with E-state index in [0.29, 0.717) is 18.5 Å². The third kappa shape index (κ3) is 7.58. The standard InChI is InChI=1S/C13H16FN3.C13H13FN2O.CH5N/c1-16-13-3-2-11(8-12(13)14)10-4-6-17(9-15)7-5-10;14-13-7-11(1-2-12(13)8-17)10-3-5-16(9-15)6-4-10;1-2/h2-4,8-9,15-16H,5-7H2,1H3;1-3,7-9,15H,4-6H2;2H2,1H3. The summed E-state index contributed by atoms with van der Waals surface area (Å²) in [4.78, 5) is 14.3. The molecule has 4 rings (SSSR count). The van der Waals surface area contributed by atoms with Crippen LogP contribution in [0, 0.1) is 22.5 Å². The van der Waals surface area contributed by atoms with Crippen molar-refractivity contribution in [2.75, 3.05) is 45.6 Å². The Morgan fingerprint density at radius 3 is 1.72 bits per heavy atom. The van der Waals surface area contributed by atoms with E-state index in [1.165, 1.54) is 31.9 Å². The molecule has 0 spiro atoms. The van der Waals surface area contributed by atoms with E-state index in [-0.39, 0.29) is 11.4 Å². The Labute approximate surface area is 211 Å². The van der Waals surface area contributed by atoms with Gasteiger partial charge in [0.2, 0.25) is 0 Å². The van der Waals surface area contributed by atoms with Gasteiger partial charge in [-0.15, -0.1) is 0 Å². The first kappa shape index (κ1) is 28.4. The average molecular weight is 497 g/mol. The highest BCUT2D eigenvalue weighted by molar-refractivity contribution is 5.77. The summed E-state index contributed by atoms with van der Waals surface area (Å²) in [6, 6.07) is 9.92. The number of halogens is 2. The molecule has 5 N–H and O–H groups in total. The molecule has 0 unspecified atom stereocenters. The molecule has 0 saturated heterocycles. The molecular weight excluding hydrogens is 462 g/mol. The number of nitrogens with two attached hydrogens (primary N) is 1. The molecule has 7 nitrogen and oxygen atoms in total. The summed E-state index contributed by atoms with van der Waals surface area (Å²) in [7, 11) is 3.21. The van der Waals surface area contributed by atoms with Crippen LogP contribution in [0.4, 0.5) is 14.5 Å². The van der Waals surface area contributed by atoms with Crippen LogP contribution in [0.1, 0.15) is 34.3 Å². The Morgan fingerprint density at radius 1 is 0.861 bits per heavy atom. The number of aldehydes is 1. The summed E-state index contributed by atoms with van der Waals surface area (Å²) in [6.45, 7) is 3.00. The highest BCUT2D eigenvalue weighted by Gasteiger charge is 2.13. The Kier molecular flexibility index (Phi) is 11.5. The van der Waals surface area contributed by atoms with Gasteiger partial charge in [0, 0.05) is 33.2 Å². The summed E-state index contributed by atoms with van der Waals surface area (Å²) in [5.74, 6) is -0.701. The first-order valence-electron chi connectivity index (χ1n) is 11.7. The van der Waals surface area contributed by atoms with E-state index < -0.39 is 5.82 Å². The normalized spacial score (nSPS) is 14.7. The van der Waals surface area contributed by atoms with Gasteiger partial charge < -0.3 is 20.9 Å². The van der Waals surface area contributed by atoms with E-state index >= 15 is 0 Å². The fraction of sp³-hybridized carbons (Fsp3) is 0.296. The van der Waals surface area contributed by atoms with Gasteiger partial charge in [-0.25, -0.2) is 8.78 Å². The fourth-order valence-electron chi connectivity index (χ4n) is 3.87. The molecule has 2 aliphatic rings. The van der Waals surface area contributed by atoms with Crippen LogP contribution in [-0.4, -0.2) is 69.0 Å². The molecule has 2 aromatic rings. The molecular formula is C27H34F2N6O. The molecule has 0 amide bonds. The van der Waals surface area contributed by atoms with Gasteiger partial charge in [0.15, 0.2) is 6.29 Å². The highest BCUT2D eigenvalue weighted by atomic mass is 19.1. The maximum atomic E-state index is 13.6. The number of carbonyl (C=O) groups excluding carboxylic acids is 1. The summed E-state index contributed by atoms with van der Waals surface area (Å²) in [5, 5.41) is 17.1. The van der Waals surface area contributed by atoms with Crippen LogP contribution in [0.3, 0.4) is 0 Å². The van der Waals surface area contributed by atoms with Crippen molar-refractivity contribution in [1.82, 2.24) is 9.80 Å². The topological polar surface area (TPSA) is 109 Å². The molecule has 2 heterocycles. The lowest BCUT2D eigenvalue weighted by Gasteiger charge is -2.23. The second-order valence-corrected chi connectivity index (χ2v) is 8.01. The third-order valence-corrected chi connectivity index (χ3v) is 5.95. The molecule has 2 aromatic carbocycles. The number of anilines is 1. The minimum Gasteiger partial charge on any atom is -0.386 e. The molecule has 0 atom stereocenters. The number of nitrogens with one attached hydrogen (secondary N) is 3. The minimum atomic E-state index is -0.479. The zero-order valence-electron chi connectivity index (χ0n) is 20.7. The quantitative estimate of drug-likeness (QED) is 0.268. The number of nitrogens with zero attached hydrogens (tertiary/aromatic N) is 2. The van der Waals surface area contributed by atoms with Crippen LogP contribution in [0.25, 0.3) is 11.1 Å². The zero-order chi connectivity index (χ0) is 26.5. The van der Waals surface area contributed by atoms with E-state index in [0.717, 1.165) is 54.7 Å². The predicted octanol–water partition coefficient (Wildman–Crippen LogP) is 4.47. The molecule has 2 aliphatic heterocycles. The average Bonchev–Trinajstić information content (AvgIpc) is 2.94. The number of hydrogen-bond donors (Lipinski definition) is 4. The maximum Gasteiger partial charge on any atom is 0.152 e. The van der Waals surface area contributed by atoms with Crippen LogP contribution < -0.4 is 11.1 Å². The van der Waals surface area contributed by atoms with Crippen molar-refractivity contribution < 1.29 is 13.6 Å². The van der Waals surface area contributed by atoms with Crippen molar-refractivity contribution in [3.8, 4) is 0 Å². The van der Waals surface area contributed by atoms with Gasteiger partial charge in [-0.3, -0.25) is 15.6 Å². The molecule has 0 radical (unpaired) electrons. The van der Waals surface area contributed by atoms with Crippen molar-refractivity contribution in [2.24, 2.45) is 5.73 Å². The summed E-state index contributed by atoms with van der Waals surface area (Å²) in [6.07, 6.45) is 8.86. The summed E-state index contributed by atoms with van der Waals surface area (Å²) < 4.78 is 27.1. The fourth-order valence-corrected chi connectivity index (χ4v) is 3.87. The SMILES string of the molecule is CN.CNc1ccc(C2=CCN(C=N)CC2)cc1F.N=CN1CC=C(c2ccc(C=O)c(F)c2)CC1. The molecule has 0 bridgehead atoms. The van der Waals surface area contributed by atoms with E-state index in [1.54, 1.807) is 25.2 Å². The van der Waals surface area contributed by atoms with Gasteiger partial charge in [0.25, 0.3) is 0 Å². The van der Waals surface area contributed by atoms with Gasteiger partial charge >= 0.3 is 0 Å². The first-order valence-corrected chi connectivity index (χ1v) is 11.7. The van der Waals surface area contributed by atoms with Crippen LogP contribution in [0.15, 0.2) is 48.6 Å². The van der Waals surface area contributed by atoms with Gasteiger partial charge in [0.05, 0.1) is 23.9 Å². The van der Waals surface area contributed by atoms with Gasteiger partial charge in [-0.2, -0.15) is 0 Å². The predicted molar refractivity (Wildman–Crippen MR) is 144 cm³/mol. The smallest absolute Gasteiger partial charge is 0.152 e. The minimum absolute atomic E-state index is 0.0891. The maximum absolute atomic E-state index is 13.6. The van der Waals surface area contributed by atoms with Crippen molar-refractivity contribution in [1.29, 1.82) is 10.8 Å². The van der Waals surface area contributed by atoms with E-state index in [2.05, 4.69) is 17.1 Å². The number of hydrogen-bond acceptors (Lipinski definition) is 5. The van der Waals surface area contributed by atoms with E-state index in [9.17, 15) is 13.6 Å². The van der Waals surface area contributed by atoms with Gasteiger partial charge in [-0.05, 0) is 66.4 Å². The van der Waals surface area contributed by atoms with Crippen LogP contribution in [0.5, 0.6) is 0 Å².